The van der Waals surface area contributed by atoms with E-state index in [1.165, 1.54) is 5.39 Å². The average Bonchev–Trinajstić information content (AvgIpc) is 3.13. The summed E-state index contributed by atoms with van der Waals surface area (Å²) in [5, 5.41) is 6.68. The fourth-order valence-electron chi connectivity index (χ4n) is 4.03. The number of benzene rings is 3. The zero-order valence-electron chi connectivity index (χ0n) is 16.0. The van der Waals surface area contributed by atoms with E-state index < -0.39 is 0 Å². The first-order valence-electron chi connectivity index (χ1n) is 10.0. The molecule has 2 aliphatic rings. The summed E-state index contributed by atoms with van der Waals surface area (Å²) in [5.41, 5.74) is 5.42. The number of carbonyl (C=O) groups excluding carboxylic acids is 1. The molecule has 0 aliphatic heterocycles. The van der Waals surface area contributed by atoms with E-state index in [2.05, 4.69) is 40.9 Å². The molecular formula is C25H22N2O2. The van der Waals surface area contributed by atoms with E-state index in [1.54, 1.807) is 0 Å². The van der Waals surface area contributed by atoms with E-state index in [-0.39, 0.29) is 5.91 Å². The molecule has 3 aromatic carbocycles. The number of nitrogens with one attached hydrogen (secondary N) is 1. The van der Waals surface area contributed by atoms with Crippen molar-refractivity contribution in [2.24, 2.45) is 16.9 Å². The van der Waals surface area contributed by atoms with Crippen LogP contribution in [0.15, 0.2) is 84.0 Å². The number of rotatable bonds is 5. The number of hydrazone groups is 1. The van der Waals surface area contributed by atoms with Crippen LogP contribution in [-0.4, -0.2) is 11.6 Å². The van der Waals surface area contributed by atoms with Crippen LogP contribution in [-0.2, 0) is 6.61 Å². The summed E-state index contributed by atoms with van der Waals surface area (Å²) in [5.74, 6) is 1.80. The maximum absolute atomic E-state index is 12.3. The van der Waals surface area contributed by atoms with Gasteiger partial charge >= 0.3 is 0 Å². The molecule has 0 aromatic heterocycles. The molecule has 1 amide bonds. The third-order valence-corrected chi connectivity index (χ3v) is 5.81. The van der Waals surface area contributed by atoms with Crippen molar-refractivity contribution in [3.63, 3.8) is 0 Å². The van der Waals surface area contributed by atoms with Gasteiger partial charge in [-0.3, -0.25) is 4.79 Å². The minimum atomic E-state index is -0.172. The van der Waals surface area contributed by atoms with E-state index in [4.69, 9.17) is 4.74 Å². The van der Waals surface area contributed by atoms with Gasteiger partial charge in [-0.1, -0.05) is 54.6 Å². The third-order valence-electron chi connectivity index (χ3n) is 5.81. The van der Waals surface area contributed by atoms with Crippen molar-refractivity contribution in [3.05, 3.63) is 90.0 Å². The van der Waals surface area contributed by atoms with Crippen LogP contribution in [0.2, 0.25) is 0 Å². The second kappa shape index (κ2) is 7.55. The highest BCUT2D eigenvalue weighted by Crippen LogP contribution is 2.40. The minimum Gasteiger partial charge on any atom is -0.489 e. The Morgan fingerprint density at radius 2 is 1.86 bits per heavy atom. The SMILES string of the molecule is O=C(N/N=C1\CC2C=CCC12)c1ccc(COc2ccc3ccccc3c2)cc1. The average molecular weight is 382 g/mol. The monoisotopic (exact) mass is 382 g/mol. The van der Waals surface area contributed by atoms with Crippen LogP contribution in [0.3, 0.4) is 0 Å². The molecule has 2 aliphatic carbocycles. The number of carbonyl (C=O) groups is 1. The molecule has 1 fully saturated rings. The van der Waals surface area contributed by atoms with Crippen molar-refractivity contribution >= 4 is 22.4 Å². The lowest BCUT2D eigenvalue weighted by Crippen LogP contribution is -2.35. The van der Waals surface area contributed by atoms with Crippen molar-refractivity contribution in [2.45, 2.75) is 19.4 Å². The molecule has 2 atom stereocenters. The first-order chi connectivity index (χ1) is 14.3. The molecule has 0 bridgehead atoms. The summed E-state index contributed by atoms with van der Waals surface area (Å²) in [6.07, 6.45) is 6.47. The van der Waals surface area contributed by atoms with Gasteiger partial charge in [0.05, 0.1) is 0 Å². The van der Waals surface area contributed by atoms with Crippen molar-refractivity contribution < 1.29 is 9.53 Å². The van der Waals surface area contributed by atoms with Gasteiger partial charge in [0.15, 0.2) is 0 Å². The van der Waals surface area contributed by atoms with Gasteiger partial charge in [0.25, 0.3) is 5.91 Å². The van der Waals surface area contributed by atoms with Gasteiger partial charge in [-0.2, -0.15) is 5.10 Å². The zero-order chi connectivity index (χ0) is 19.6. The molecule has 4 heteroatoms. The highest BCUT2D eigenvalue weighted by Gasteiger charge is 2.38. The molecule has 2 unspecified atom stereocenters. The Balaban J connectivity index is 1.17. The van der Waals surface area contributed by atoms with Crippen molar-refractivity contribution in [1.29, 1.82) is 0 Å². The van der Waals surface area contributed by atoms with Crippen molar-refractivity contribution in [1.82, 2.24) is 5.43 Å². The smallest absolute Gasteiger partial charge is 0.271 e. The number of amides is 1. The molecule has 29 heavy (non-hydrogen) atoms. The molecule has 0 saturated heterocycles. The van der Waals surface area contributed by atoms with Gasteiger partial charge in [-0.05, 0) is 59.4 Å². The Bertz CT molecular complexity index is 1120. The lowest BCUT2D eigenvalue weighted by atomic mass is 9.74. The third kappa shape index (κ3) is 3.66. The summed E-state index contributed by atoms with van der Waals surface area (Å²) in [4.78, 5) is 12.3. The second-order valence-electron chi connectivity index (χ2n) is 7.68. The Hall–Kier alpha value is -3.40. The predicted octanol–water partition coefficient (Wildman–Crippen LogP) is 5.10. The fraction of sp³-hybridized carbons (Fsp3) is 0.200. The first-order valence-corrected chi connectivity index (χ1v) is 10.0. The molecule has 4 nitrogen and oxygen atoms in total. The van der Waals surface area contributed by atoms with E-state index >= 15 is 0 Å². The molecule has 3 aromatic rings. The van der Waals surface area contributed by atoms with E-state index in [0.717, 1.165) is 35.3 Å². The van der Waals surface area contributed by atoms with Crippen LogP contribution in [0.25, 0.3) is 10.8 Å². The normalized spacial score (nSPS) is 21.0. The van der Waals surface area contributed by atoms with Crippen LogP contribution >= 0.6 is 0 Å². The maximum Gasteiger partial charge on any atom is 0.271 e. The minimum absolute atomic E-state index is 0.172. The second-order valence-corrected chi connectivity index (χ2v) is 7.68. The number of ether oxygens (including phenoxy) is 1. The summed E-state index contributed by atoms with van der Waals surface area (Å²) >= 11 is 0. The molecule has 0 spiro atoms. The van der Waals surface area contributed by atoms with Gasteiger partial charge in [0.1, 0.15) is 12.4 Å². The van der Waals surface area contributed by atoms with E-state index in [9.17, 15) is 4.79 Å². The number of nitrogens with zero attached hydrogens (tertiary/aromatic N) is 1. The van der Waals surface area contributed by atoms with Crippen LogP contribution < -0.4 is 10.2 Å². The first kappa shape index (κ1) is 17.7. The predicted molar refractivity (Wildman–Crippen MR) is 115 cm³/mol. The molecule has 144 valence electrons. The van der Waals surface area contributed by atoms with Gasteiger partial charge in [-0.25, -0.2) is 5.43 Å². The van der Waals surface area contributed by atoms with Gasteiger partial charge < -0.3 is 4.74 Å². The number of allylic oxidation sites excluding steroid dienone is 2. The Kier molecular flexibility index (Phi) is 4.60. The van der Waals surface area contributed by atoms with Gasteiger partial charge in [0, 0.05) is 17.2 Å². The molecule has 0 radical (unpaired) electrons. The highest BCUT2D eigenvalue weighted by atomic mass is 16.5. The molecular weight excluding hydrogens is 360 g/mol. The summed E-state index contributed by atoms with van der Waals surface area (Å²) < 4.78 is 5.91. The van der Waals surface area contributed by atoms with Crippen molar-refractivity contribution in [2.75, 3.05) is 0 Å². The molecule has 1 N–H and O–H groups in total. The van der Waals surface area contributed by atoms with Crippen LogP contribution in [0.5, 0.6) is 5.75 Å². The number of fused-ring (bicyclic) bond motifs is 2. The Morgan fingerprint density at radius 1 is 1.03 bits per heavy atom. The summed E-state index contributed by atoms with van der Waals surface area (Å²) in [7, 11) is 0. The standard InChI is InChI=1S/C25H22N2O2/c28-25(27-26-24-15-21-6-3-7-23(21)24)19-10-8-17(9-11-19)16-29-22-13-12-18-4-1-2-5-20(18)14-22/h1-6,8-14,21,23H,7,15-16H2,(H,27,28)/b26-24+. The highest BCUT2D eigenvalue weighted by molar-refractivity contribution is 5.98. The quantitative estimate of drug-likeness (QED) is 0.493. The summed E-state index contributed by atoms with van der Waals surface area (Å²) in [6, 6.07) is 21.8. The van der Waals surface area contributed by atoms with Gasteiger partial charge in [-0.15, -0.1) is 0 Å². The maximum atomic E-state index is 12.3. The van der Waals surface area contributed by atoms with Crippen LogP contribution in [0.4, 0.5) is 0 Å². The topological polar surface area (TPSA) is 50.7 Å². The lowest BCUT2D eigenvalue weighted by molar-refractivity contribution is 0.0954. The molecule has 0 heterocycles. The molecule has 1 saturated carbocycles. The zero-order valence-corrected chi connectivity index (χ0v) is 16.0. The Labute approximate surface area is 169 Å². The van der Waals surface area contributed by atoms with Crippen molar-refractivity contribution in [3.8, 4) is 5.75 Å². The Morgan fingerprint density at radius 3 is 2.69 bits per heavy atom. The summed E-state index contributed by atoms with van der Waals surface area (Å²) in [6.45, 7) is 0.457. The lowest BCUT2D eigenvalue weighted by Gasteiger charge is -2.31. The van der Waals surface area contributed by atoms with Crippen LogP contribution in [0.1, 0.15) is 28.8 Å². The number of hydrogen-bond donors (Lipinski definition) is 1. The van der Waals surface area contributed by atoms with E-state index in [0.29, 0.717) is 24.0 Å². The van der Waals surface area contributed by atoms with Gasteiger partial charge in [0.2, 0.25) is 0 Å². The molecule has 5 rings (SSSR count). The van der Waals surface area contributed by atoms with Crippen LogP contribution in [0, 0.1) is 11.8 Å². The largest absolute Gasteiger partial charge is 0.489 e. The fourth-order valence-corrected chi connectivity index (χ4v) is 4.03. The van der Waals surface area contributed by atoms with E-state index in [1.807, 2.05) is 48.5 Å². The number of hydrogen-bond acceptors (Lipinski definition) is 3.